The molecule has 0 unspecified atom stereocenters. The number of nitrogen functional groups attached to an aromatic ring is 1. The third-order valence-corrected chi connectivity index (χ3v) is 7.51. The molecule has 2 aliphatic rings. The number of carbonyl (C=O) groups excluding carboxylic acids is 1. The lowest BCUT2D eigenvalue weighted by molar-refractivity contribution is 0.112. The van der Waals surface area contributed by atoms with Gasteiger partial charge in [-0.1, -0.05) is 6.07 Å². The molecule has 222 valence electrons. The van der Waals surface area contributed by atoms with Gasteiger partial charge in [0.25, 0.3) is 0 Å². The molecule has 12 nitrogen and oxygen atoms in total. The van der Waals surface area contributed by atoms with Gasteiger partial charge in [-0.05, 0) is 92.9 Å². The fourth-order valence-electron chi connectivity index (χ4n) is 5.41. The average molecular weight is 588 g/mol. The van der Waals surface area contributed by atoms with Crippen molar-refractivity contribution in [2.45, 2.75) is 26.2 Å². The molecule has 0 saturated carbocycles. The Bertz CT molecular complexity index is 1990. The summed E-state index contributed by atoms with van der Waals surface area (Å²) >= 11 is 0. The molecule has 12 heteroatoms. The van der Waals surface area contributed by atoms with Crippen molar-refractivity contribution in [2.24, 2.45) is 10.8 Å². The molecule has 0 radical (unpaired) electrons. The number of hydrazine groups is 1. The molecule has 6 aromatic rings. The van der Waals surface area contributed by atoms with Crippen LogP contribution < -0.4 is 22.0 Å². The highest BCUT2D eigenvalue weighted by molar-refractivity contribution is 5.84. The van der Waals surface area contributed by atoms with Crippen molar-refractivity contribution in [2.75, 3.05) is 24.4 Å². The van der Waals surface area contributed by atoms with Crippen molar-refractivity contribution in [3.05, 3.63) is 95.6 Å². The van der Waals surface area contributed by atoms with Crippen LogP contribution in [0.4, 0.5) is 11.6 Å². The number of aromatic nitrogens is 6. The summed E-state index contributed by atoms with van der Waals surface area (Å²) < 4.78 is 3.97. The van der Waals surface area contributed by atoms with E-state index in [4.69, 9.17) is 15.7 Å². The van der Waals surface area contributed by atoms with Crippen molar-refractivity contribution >= 4 is 40.9 Å². The Morgan fingerprint density at radius 3 is 2.64 bits per heavy atom. The number of pyridine rings is 3. The van der Waals surface area contributed by atoms with Crippen molar-refractivity contribution in [3.8, 4) is 17.1 Å². The van der Waals surface area contributed by atoms with E-state index in [2.05, 4.69) is 49.0 Å². The van der Waals surface area contributed by atoms with E-state index < -0.39 is 0 Å². The minimum Gasteiger partial charge on any atom is -0.383 e. The first-order valence-corrected chi connectivity index (χ1v) is 14.3. The third kappa shape index (κ3) is 5.39. The first kappa shape index (κ1) is 28.6. The molecule has 0 amide bonds. The first-order chi connectivity index (χ1) is 21.6. The number of nitrogens with two attached hydrogens (primary N) is 2. The van der Waals surface area contributed by atoms with Gasteiger partial charge in [0.05, 0.1) is 12.1 Å². The number of benzene rings is 1. The van der Waals surface area contributed by atoms with E-state index in [9.17, 15) is 4.79 Å². The Balaban J connectivity index is 0.000000205. The van der Waals surface area contributed by atoms with E-state index in [0.717, 1.165) is 58.7 Å². The zero-order valence-electron chi connectivity index (χ0n) is 24.6. The molecule has 0 fully saturated rings. The highest BCUT2D eigenvalue weighted by atomic mass is 16.1. The van der Waals surface area contributed by atoms with Gasteiger partial charge in [-0.2, -0.15) is 10.2 Å². The minimum atomic E-state index is 0.446. The van der Waals surface area contributed by atoms with Gasteiger partial charge in [0.2, 0.25) is 0 Å². The summed E-state index contributed by atoms with van der Waals surface area (Å²) in [4.78, 5) is 28.6. The third-order valence-electron chi connectivity index (χ3n) is 7.51. The standard InChI is InChI=1S/C22H20N8.C9H8N2O.CH5N/c23-20-17(5-2-10-24-20)21-27-18-8-9-19(30-25-11-12-26-30)28-22(18)29(21)16-7-6-14-3-1-4-15(14)13-16;1-7-4-10-9-3-2-8(6-12)5-11(7)9;1-2/h2,5-11,13,26H,1,3-4,12H2,(H2,23,24);2-6H,1H3;2H2,1H3. The van der Waals surface area contributed by atoms with Crippen LogP contribution in [0, 0.1) is 6.92 Å². The summed E-state index contributed by atoms with van der Waals surface area (Å²) in [5.74, 6) is 1.89. The predicted molar refractivity (Wildman–Crippen MR) is 173 cm³/mol. The molecule has 5 aromatic heterocycles. The quantitative estimate of drug-likeness (QED) is 0.260. The summed E-state index contributed by atoms with van der Waals surface area (Å²) in [6.45, 7) is 2.63. The van der Waals surface area contributed by atoms with Crippen LogP contribution in [0.2, 0.25) is 0 Å². The number of fused-ring (bicyclic) bond motifs is 3. The summed E-state index contributed by atoms with van der Waals surface area (Å²) in [6, 6.07) is 17.9. The van der Waals surface area contributed by atoms with Gasteiger partial charge in [-0.25, -0.2) is 25.4 Å². The van der Waals surface area contributed by atoms with E-state index in [0.29, 0.717) is 23.7 Å². The molecule has 1 aromatic carbocycles. The normalized spacial score (nSPS) is 13.4. The second-order valence-electron chi connectivity index (χ2n) is 10.2. The number of hydrogen-bond donors (Lipinski definition) is 3. The number of aldehydes is 1. The van der Waals surface area contributed by atoms with Crippen LogP contribution in [0.25, 0.3) is 33.9 Å². The molecule has 1 aliphatic carbocycles. The summed E-state index contributed by atoms with van der Waals surface area (Å²) in [7, 11) is 1.50. The largest absolute Gasteiger partial charge is 0.383 e. The maximum atomic E-state index is 10.4. The SMILES string of the molecule is CN.Cc1cnc2ccc(C=O)cn12.Nc1ncccc1-c1nc2ccc(N3N=CCN3)nc2n1-c1ccc2c(c1)CCC2. The Kier molecular flexibility index (Phi) is 8.08. The number of aryl methyl sites for hydroxylation is 3. The molecular formula is C32H33N11O. The van der Waals surface area contributed by atoms with E-state index >= 15 is 0 Å². The second kappa shape index (κ2) is 12.4. The summed E-state index contributed by atoms with van der Waals surface area (Å²) in [5.41, 5.74) is 22.6. The number of hydrogen-bond acceptors (Lipinski definition) is 10. The molecule has 0 bridgehead atoms. The molecule has 44 heavy (non-hydrogen) atoms. The maximum absolute atomic E-state index is 10.4. The van der Waals surface area contributed by atoms with Crippen LogP contribution >= 0.6 is 0 Å². The van der Waals surface area contributed by atoms with E-state index in [-0.39, 0.29) is 0 Å². The fourth-order valence-corrected chi connectivity index (χ4v) is 5.41. The topological polar surface area (TPSA) is 158 Å². The summed E-state index contributed by atoms with van der Waals surface area (Å²) in [6.07, 6.45) is 11.3. The van der Waals surface area contributed by atoms with Crippen molar-refractivity contribution < 1.29 is 4.79 Å². The zero-order chi connectivity index (χ0) is 30.6. The van der Waals surface area contributed by atoms with Gasteiger partial charge in [0, 0.05) is 41.7 Å². The lowest BCUT2D eigenvalue weighted by atomic mass is 10.1. The van der Waals surface area contributed by atoms with Crippen LogP contribution in [0.15, 0.2) is 78.3 Å². The van der Waals surface area contributed by atoms with E-state index in [1.54, 1.807) is 29.8 Å². The Labute approximate surface area is 254 Å². The molecular weight excluding hydrogens is 554 g/mol. The molecule has 6 heterocycles. The average Bonchev–Trinajstić information content (AvgIpc) is 3.88. The number of rotatable bonds is 4. The van der Waals surface area contributed by atoms with Gasteiger partial charge < -0.3 is 15.9 Å². The van der Waals surface area contributed by atoms with Crippen LogP contribution in [0.3, 0.4) is 0 Å². The lowest BCUT2D eigenvalue weighted by Gasteiger charge is -2.14. The molecule has 0 atom stereocenters. The predicted octanol–water partition coefficient (Wildman–Crippen LogP) is 3.89. The molecule has 1 aliphatic heterocycles. The monoisotopic (exact) mass is 587 g/mol. The van der Waals surface area contributed by atoms with Crippen molar-refractivity contribution in [1.82, 2.24) is 34.3 Å². The van der Waals surface area contributed by atoms with Gasteiger partial charge >= 0.3 is 0 Å². The van der Waals surface area contributed by atoms with Gasteiger partial charge in [0.15, 0.2) is 23.6 Å². The van der Waals surface area contributed by atoms with Crippen molar-refractivity contribution in [1.29, 1.82) is 0 Å². The van der Waals surface area contributed by atoms with Crippen LogP contribution in [0.1, 0.15) is 33.6 Å². The number of anilines is 2. The number of hydrazone groups is 1. The lowest BCUT2D eigenvalue weighted by Crippen LogP contribution is -2.29. The van der Waals surface area contributed by atoms with Crippen LogP contribution in [-0.4, -0.2) is 55.0 Å². The Hall–Kier alpha value is -5.46. The van der Waals surface area contributed by atoms with Crippen LogP contribution in [0.5, 0.6) is 0 Å². The summed E-state index contributed by atoms with van der Waals surface area (Å²) in [5, 5.41) is 5.99. The molecule has 0 spiro atoms. The van der Waals surface area contributed by atoms with Gasteiger partial charge in [0.1, 0.15) is 17.0 Å². The molecule has 8 rings (SSSR count). The van der Waals surface area contributed by atoms with Crippen molar-refractivity contribution in [3.63, 3.8) is 0 Å². The zero-order valence-corrected chi connectivity index (χ0v) is 24.6. The highest BCUT2D eigenvalue weighted by Gasteiger charge is 2.21. The number of nitrogens with one attached hydrogen (secondary N) is 1. The highest BCUT2D eigenvalue weighted by Crippen LogP contribution is 2.33. The maximum Gasteiger partial charge on any atom is 0.168 e. The number of imidazole rings is 2. The van der Waals surface area contributed by atoms with Gasteiger partial charge in [-0.15, -0.1) is 0 Å². The van der Waals surface area contributed by atoms with Crippen LogP contribution in [-0.2, 0) is 12.8 Å². The van der Waals surface area contributed by atoms with Gasteiger partial charge in [-0.3, -0.25) is 9.36 Å². The fraction of sp³-hybridized carbons (Fsp3) is 0.188. The number of carbonyl (C=O) groups is 1. The van der Waals surface area contributed by atoms with E-state index in [1.807, 2.05) is 47.9 Å². The van der Waals surface area contributed by atoms with E-state index in [1.165, 1.54) is 24.6 Å². The minimum absolute atomic E-state index is 0.446. The molecule has 0 saturated heterocycles. The smallest absolute Gasteiger partial charge is 0.168 e. The first-order valence-electron chi connectivity index (χ1n) is 14.3. The number of nitrogens with zero attached hydrogens (tertiary/aromatic N) is 8. The molecule has 5 N–H and O–H groups in total. The second-order valence-corrected chi connectivity index (χ2v) is 10.2. The Morgan fingerprint density at radius 2 is 1.84 bits per heavy atom. The Morgan fingerprint density at radius 1 is 0.977 bits per heavy atom.